The van der Waals surface area contributed by atoms with Crippen LogP contribution in [-0.4, -0.2) is 8.80 Å². The van der Waals surface area contributed by atoms with Crippen molar-refractivity contribution in [3.8, 4) is 0 Å². The number of fused-ring (bicyclic) bond motifs is 2. The maximum absolute atomic E-state index is 2.49. The summed E-state index contributed by atoms with van der Waals surface area (Å²) in [5.41, 5.74) is 13.6. The van der Waals surface area contributed by atoms with E-state index < -0.39 is 8.80 Å². The van der Waals surface area contributed by atoms with Gasteiger partial charge in [0.25, 0.3) is 0 Å². The zero-order valence-electron chi connectivity index (χ0n) is 20.5. The maximum Gasteiger partial charge on any atom is 0.0747 e. The van der Waals surface area contributed by atoms with E-state index in [-0.39, 0.29) is 0 Å². The van der Waals surface area contributed by atoms with E-state index in [4.69, 9.17) is 0 Å². The molecule has 0 aromatic heterocycles. The fraction of sp³-hybridized carbons (Fsp3) is 0.467. The fourth-order valence-corrected chi connectivity index (χ4v) is 9.74. The lowest BCUT2D eigenvalue weighted by atomic mass is 9.98. The van der Waals surface area contributed by atoms with Crippen molar-refractivity contribution in [3.05, 3.63) is 80.9 Å². The molecule has 31 heavy (non-hydrogen) atoms. The van der Waals surface area contributed by atoms with Gasteiger partial charge in [0.05, 0.1) is 8.80 Å². The van der Waals surface area contributed by atoms with E-state index in [0.717, 1.165) is 0 Å². The first-order chi connectivity index (χ1) is 14.8. The summed E-state index contributed by atoms with van der Waals surface area (Å²) in [6, 6.07) is 16.0. The van der Waals surface area contributed by atoms with Crippen LogP contribution in [0.2, 0.25) is 6.04 Å². The minimum atomic E-state index is -0.667. The molecule has 1 heteroatoms. The second-order valence-electron chi connectivity index (χ2n) is 10.7. The quantitative estimate of drug-likeness (QED) is 0.389. The monoisotopic (exact) mass is 427 g/mol. The van der Waals surface area contributed by atoms with Gasteiger partial charge in [-0.2, -0.15) is 0 Å². The molecule has 2 aliphatic carbocycles. The Kier molecular flexibility index (Phi) is 6.44. The fourth-order valence-electron chi connectivity index (χ4n) is 5.93. The number of hydrogen-bond donors (Lipinski definition) is 0. The highest BCUT2D eigenvalue weighted by Crippen LogP contribution is 2.48. The van der Waals surface area contributed by atoms with Crippen LogP contribution in [-0.2, 0) is 12.8 Å². The molecule has 0 N–H and O–H groups in total. The number of benzene rings is 2. The largest absolute Gasteiger partial charge is 0.0747 e. The van der Waals surface area contributed by atoms with E-state index >= 15 is 0 Å². The topological polar surface area (TPSA) is 0 Å². The molecule has 2 aromatic rings. The maximum atomic E-state index is 2.49. The van der Waals surface area contributed by atoms with Crippen LogP contribution in [0.15, 0.2) is 47.5 Å². The number of rotatable bonds is 7. The normalized spacial score (nSPS) is 19.8. The molecule has 0 aliphatic heterocycles. The first-order valence-corrected chi connectivity index (χ1v) is 14.1. The van der Waals surface area contributed by atoms with Gasteiger partial charge in [0.1, 0.15) is 0 Å². The van der Waals surface area contributed by atoms with Crippen molar-refractivity contribution >= 4 is 20.9 Å². The van der Waals surface area contributed by atoms with Crippen molar-refractivity contribution in [1.82, 2.24) is 0 Å². The van der Waals surface area contributed by atoms with Crippen LogP contribution >= 0.6 is 0 Å². The molecule has 0 heterocycles. The van der Waals surface area contributed by atoms with Gasteiger partial charge in [-0.3, -0.25) is 0 Å². The molecule has 2 aliphatic rings. The summed E-state index contributed by atoms with van der Waals surface area (Å²) in [6.45, 7) is 16.5. The summed E-state index contributed by atoms with van der Waals surface area (Å²) >= 11 is 0. The minimum Gasteiger partial charge on any atom is -0.0681 e. The molecule has 2 atom stereocenters. The second-order valence-corrected chi connectivity index (χ2v) is 13.7. The highest BCUT2D eigenvalue weighted by atomic mass is 28.3. The zero-order chi connectivity index (χ0) is 22.3. The van der Waals surface area contributed by atoms with Crippen molar-refractivity contribution in [3.63, 3.8) is 0 Å². The predicted molar refractivity (Wildman–Crippen MR) is 139 cm³/mol. The molecule has 0 nitrogen and oxygen atoms in total. The molecule has 0 bridgehead atoms. The van der Waals surface area contributed by atoms with Gasteiger partial charge in [-0.1, -0.05) is 100 Å². The van der Waals surface area contributed by atoms with Crippen LogP contribution in [0.3, 0.4) is 0 Å². The van der Waals surface area contributed by atoms with Crippen molar-refractivity contribution in [2.75, 3.05) is 0 Å². The van der Waals surface area contributed by atoms with Crippen LogP contribution in [0.4, 0.5) is 0 Å². The highest BCUT2D eigenvalue weighted by molar-refractivity contribution is 6.64. The Labute approximate surface area is 192 Å². The Balaban J connectivity index is 1.67. The molecule has 2 unspecified atom stereocenters. The first-order valence-electron chi connectivity index (χ1n) is 12.3. The third-order valence-electron chi connectivity index (χ3n) is 7.04. The second kappa shape index (κ2) is 8.94. The lowest BCUT2D eigenvalue weighted by Gasteiger charge is -2.31. The molecule has 1 radical (unpaired) electrons. The van der Waals surface area contributed by atoms with Gasteiger partial charge in [0.2, 0.25) is 0 Å². The van der Waals surface area contributed by atoms with Crippen molar-refractivity contribution < 1.29 is 0 Å². The van der Waals surface area contributed by atoms with E-state index in [1.807, 2.05) is 0 Å². The van der Waals surface area contributed by atoms with Crippen molar-refractivity contribution in [1.29, 1.82) is 0 Å². The molecule has 163 valence electrons. The third-order valence-corrected chi connectivity index (χ3v) is 10.9. The Morgan fingerprint density at radius 3 is 1.48 bits per heavy atom. The molecule has 4 rings (SSSR count). The van der Waals surface area contributed by atoms with Crippen LogP contribution in [0, 0.1) is 11.8 Å². The summed E-state index contributed by atoms with van der Waals surface area (Å²) in [5, 5.41) is 0. The lowest BCUT2D eigenvalue weighted by molar-refractivity contribution is 0.647. The van der Waals surface area contributed by atoms with Crippen LogP contribution in [0.5, 0.6) is 0 Å². The van der Waals surface area contributed by atoms with Crippen LogP contribution in [0.25, 0.3) is 12.2 Å². The summed E-state index contributed by atoms with van der Waals surface area (Å²) < 4.78 is 0. The van der Waals surface area contributed by atoms with E-state index in [1.54, 1.807) is 22.3 Å². The summed E-state index contributed by atoms with van der Waals surface area (Å²) in [5.74, 6) is 1.41. The van der Waals surface area contributed by atoms with Crippen molar-refractivity contribution in [2.24, 2.45) is 11.8 Å². The molecule has 0 saturated carbocycles. The molecule has 0 fully saturated rings. The molecular formula is C30H39Si. The standard InChI is InChI=1S/C30H39Si/c1-8-31(29-21(6)15-25-17-23(13-19(2)3)9-11-27(25)29)30-22(7)16-26-18-24(14-20(4)5)10-12-28(26)30/h9-12,15-20,29-30H,8,13-14H2,1-7H3. The first kappa shape index (κ1) is 22.3. The Morgan fingerprint density at radius 2 is 1.13 bits per heavy atom. The average molecular weight is 428 g/mol. The summed E-state index contributed by atoms with van der Waals surface area (Å²) in [7, 11) is -0.667. The molecule has 0 saturated heterocycles. The number of allylic oxidation sites excluding steroid dienone is 2. The molecule has 2 aromatic carbocycles. The highest BCUT2D eigenvalue weighted by Gasteiger charge is 2.39. The zero-order valence-corrected chi connectivity index (χ0v) is 21.5. The van der Waals surface area contributed by atoms with Gasteiger partial charge >= 0.3 is 0 Å². The lowest BCUT2D eigenvalue weighted by Crippen LogP contribution is -2.31. The average Bonchev–Trinajstić information content (AvgIpc) is 3.17. The summed E-state index contributed by atoms with van der Waals surface area (Å²) in [6.07, 6.45) is 7.33. The van der Waals surface area contributed by atoms with Gasteiger partial charge in [-0.05, 0) is 83.0 Å². The van der Waals surface area contributed by atoms with E-state index in [1.165, 1.54) is 41.1 Å². The smallest absolute Gasteiger partial charge is 0.0681 e. The SMILES string of the molecule is CC[Si](C1C(C)=Cc2cc(CC(C)C)ccc21)C1C(C)=Cc2cc(CC(C)C)ccc21. The summed E-state index contributed by atoms with van der Waals surface area (Å²) in [4.78, 5) is 0. The van der Waals surface area contributed by atoms with Gasteiger partial charge in [-0.15, -0.1) is 0 Å². The van der Waals surface area contributed by atoms with E-state index in [9.17, 15) is 0 Å². The Morgan fingerprint density at radius 1 is 0.710 bits per heavy atom. The Bertz CT molecular complexity index is 939. The molecule has 0 amide bonds. The van der Waals surface area contributed by atoms with E-state index in [0.29, 0.717) is 22.9 Å². The van der Waals surface area contributed by atoms with E-state index in [2.05, 4.69) is 97.0 Å². The minimum absolute atomic E-state index is 0.632. The van der Waals surface area contributed by atoms with Gasteiger partial charge in [-0.25, -0.2) is 0 Å². The molecular weight excluding hydrogens is 388 g/mol. The van der Waals surface area contributed by atoms with Gasteiger partial charge < -0.3 is 0 Å². The predicted octanol–water partition coefficient (Wildman–Crippen LogP) is 8.38. The van der Waals surface area contributed by atoms with Crippen LogP contribution < -0.4 is 0 Å². The van der Waals surface area contributed by atoms with Gasteiger partial charge in [0, 0.05) is 0 Å². The third kappa shape index (κ3) is 4.39. The van der Waals surface area contributed by atoms with Crippen LogP contribution in [0.1, 0.15) is 92.9 Å². The van der Waals surface area contributed by atoms with Crippen molar-refractivity contribution in [2.45, 2.75) is 78.4 Å². The Hall–Kier alpha value is -1.86. The number of hydrogen-bond acceptors (Lipinski definition) is 0. The molecule has 0 spiro atoms. The van der Waals surface area contributed by atoms with Gasteiger partial charge in [0.15, 0.2) is 0 Å².